The van der Waals surface area contributed by atoms with Gasteiger partial charge in [0.2, 0.25) is 0 Å². The summed E-state index contributed by atoms with van der Waals surface area (Å²) in [6.45, 7) is 1.06. The SMILES string of the molecule is CS(=O)(=O)c1ccc(C(=O)C2CCN(c3ccnc4ccc(-c5cn(C(c6ccccc6)(c6ccccc6)c6ccccc6)nc5C(F)(F)F)cc34)CC2)s1. The molecule has 3 aromatic heterocycles. The Morgan fingerprint density at radius 2 is 1.36 bits per heavy atom. The van der Waals surface area contributed by atoms with Crippen LogP contribution in [0, 0.1) is 5.92 Å². The number of hydrogen-bond acceptors (Lipinski definition) is 7. The molecule has 0 unspecified atom stereocenters. The number of sulfone groups is 1. The first-order valence-electron chi connectivity index (χ1n) is 17.8. The molecule has 12 heteroatoms. The first kappa shape index (κ1) is 36.4. The molecule has 0 radical (unpaired) electrons. The Morgan fingerprint density at radius 1 is 0.782 bits per heavy atom. The van der Waals surface area contributed by atoms with Crippen molar-refractivity contribution in [3.05, 3.63) is 167 Å². The molecule has 4 aromatic carbocycles. The second-order valence-electron chi connectivity index (χ2n) is 13.7. The quantitative estimate of drug-likeness (QED) is 0.107. The van der Waals surface area contributed by atoms with Gasteiger partial charge in [0.15, 0.2) is 21.3 Å². The molecule has 0 bridgehead atoms. The van der Waals surface area contributed by atoms with Gasteiger partial charge in [0.1, 0.15) is 9.75 Å². The summed E-state index contributed by atoms with van der Waals surface area (Å²) in [5, 5.41) is 5.10. The molecule has 1 fully saturated rings. The summed E-state index contributed by atoms with van der Waals surface area (Å²) in [6, 6.07) is 38.4. The van der Waals surface area contributed by atoms with E-state index in [0.717, 1.165) is 40.0 Å². The number of benzene rings is 4. The van der Waals surface area contributed by atoms with E-state index >= 15 is 13.2 Å². The molecular formula is C43H35F3N4O3S2. The predicted molar refractivity (Wildman–Crippen MR) is 209 cm³/mol. The molecule has 1 aliphatic heterocycles. The number of nitrogens with zero attached hydrogens (tertiary/aromatic N) is 4. The normalized spacial score (nSPS) is 14.4. The number of alkyl halides is 3. The van der Waals surface area contributed by atoms with Crippen molar-refractivity contribution < 1.29 is 26.4 Å². The van der Waals surface area contributed by atoms with Crippen molar-refractivity contribution in [3.8, 4) is 11.1 Å². The number of carbonyl (C=O) groups is 1. The molecule has 7 nitrogen and oxygen atoms in total. The Morgan fingerprint density at radius 3 is 1.89 bits per heavy atom. The number of aromatic nitrogens is 3. The second kappa shape index (κ2) is 14.2. The Balaban J connectivity index is 1.20. The average molecular weight is 777 g/mol. The second-order valence-corrected chi connectivity index (χ2v) is 17.0. The molecule has 0 N–H and O–H groups in total. The van der Waals surface area contributed by atoms with Gasteiger partial charge in [-0.2, -0.15) is 18.3 Å². The molecule has 0 aliphatic carbocycles. The van der Waals surface area contributed by atoms with Gasteiger partial charge < -0.3 is 4.90 Å². The van der Waals surface area contributed by atoms with Gasteiger partial charge in [-0.25, -0.2) is 8.42 Å². The van der Waals surface area contributed by atoms with Gasteiger partial charge in [0.05, 0.1) is 10.4 Å². The van der Waals surface area contributed by atoms with E-state index in [1.807, 2.05) is 97.1 Å². The van der Waals surface area contributed by atoms with Gasteiger partial charge in [-0.3, -0.25) is 14.5 Å². The number of Topliss-reactive ketones (excluding diaryl/α,β-unsaturated/α-hetero) is 1. The number of halogens is 3. The lowest BCUT2D eigenvalue weighted by Crippen LogP contribution is -2.38. The van der Waals surface area contributed by atoms with Gasteiger partial charge in [-0.15, -0.1) is 11.3 Å². The maximum atomic E-state index is 15.2. The zero-order valence-corrected chi connectivity index (χ0v) is 31.3. The zero-order chi connectivity index (χ0) is 38.4. The Hall–Kier alpha value is -5.59. The summed E-state index contributed by atoms with van der Waals surface area (Å²) in [5.41, 5.74) is 1.70. The maximum absolute atomic E-state index is 15.2. The number of ketones is 1. The average Bonchev–Trinajstić information content (AvgIpc) is 3.89. The molecular weight excluding hydrogens is 742 g/mol. The Bertz CT molecular complexity index is 2500. The first-order valence-corrected chi connectivity index (χ1v) is 20.5. The largest absolute Gasteiger partial charge is 0.435 e. The van der Waals surface area contributed by atoms with E-state index in [1.54, 1.807) is 30.5 Å². The van der Waals surface area contributed by atoms with Crippen molar-refractivity contribution in [2.24, 2.45) is 5.92 Å². The van der Waals surface area contributed by atoms with Crippen LogP contribution in [-0.4, -0.2) is 48.3 Å². The van der Waals surface area contributed by atoms with E-state index in [0.29, 0.717) is 47.3 Å². The third-order valence-electron chi connectivity index (χ3n) is 10.3. The summed E-state index contributed by atoms with van der Waals surface area (Å²) in [5.74, 6) is -0.346. The Labute approximate surface area is 320 Å². The first-order chi connectivity index (χ1) is 26.4. The van der Waals surface area contributed by atoms with Gasteiger partial charge >= 0.3 is 6.18 Å². The van der Waals surface area contributed by atoms with Crippen LogP contribution in [0.4, 0.5) is 18.9 Å². The lowest BCUT2D eigenvalue weighted by Gasteiger charge is -2.36. The standard InChI is InChI=1S/C43H35F3N4O3S2/c1-55(52,53)39-20-19-38(54-39)40(51)29-22-25-49(26-23-29)37-21-24-47-36-18-17-30(27-34(36)37)35-28-50(48-41(35)43(44,45)46)42(31-11-5-2-6-12-31,32-13-7-3-8-14-32)33-15-9-4-10-16-33/h2-21,24,27-29H,22-23,25-26H2,1H3. The lowest BCUT2D eigenvalue weighted by atomic mass is 9.77. The highest BCUT2D eigenvalue weighted by Crippen LogP contribution is 2.45. The topological polar surface area (TPSA) is 85.2 Å². The summed E-state index contributed by atoms with van der Waals surface area (Å²) in [4.78, 5) is 20.4. The van der Waals surface area contributed by atoms with Crippen LogP contribution >= 0.6 is 11.3 Å². The van der Waals surface area contributed by atoms with Crippen molar-refractivity contribution in [3.63, 3.8) is 0 Å². The monoisotopic (exact) mass is 776 g/mol. The maximum Gasteiger partial charge on any atom is 0.435 e. The minimum absolute atomic E-state index is 0.0647. The number of piperidine rings is 1. The van der Waals surface area contributed by atoms with Gasteiger partial charge in [-0.05, 0) is 65.4 Å². The fourth-order valence-corrected chi connectivity index (χ4v) is 9.66. The highest BCUT2D eigenvalue weighted by atomic mass is 32.2. The van der Waals surface area contributed by atoms with E-state index in [-0.39, 0.29) is 21.5 Å². The van der Waals surface area contributed by atoms with Crippen molar-refractivity contribution in [2.75, 3.05) is 24.2 Å². The van der Waals surface area contributed by atoms with E-state index in [2.05, 4.69) is 15.0 Å². The molecule has 1 saturated heterocycles. The fourth-order valence-electron chi connectivity index (χ4n) is 7.71. The number of thiophene rings is 1. The third-order valence-corrected chi connectivity index (χ3v) is 13.2. The van der Waals surface area contributed by atoms with E-state index in [9.17, 15) is 13.2 Å². The predicted octanol–water partition coefficient (Wildman–Crippen LogP) is 9.52. The number of anilines is 1. The highest BCUT2D eigenvalue weighted by molar-refractivity contribution is 7.92. The molecule has 1 aliphatic rings. The molecule has 7 aromatic rings. The van der Waals surface area contributed by atoms with Crippen LogP contribution in [0.1, 0.15) is 44.9 Å². The van der Waals surface area contributed by atoms with E-state index in [1.165, 1.54) is 16.9 Å². The van der Waals surface area contributed by atoms with Crippen LogP contribution < -0.4 is 4.90 Å². The van der Waals surface area contributed by atoms with E-state index in [4.69, 9.17) is 0 Å². The highest BCUT2D eigenvalue weighted by Gasteiger charge is 2.44. The van der Waals surface area contributed by atoms with Crippen molar-refractivity contribution >= 4 is 43.5 Å². The molecule has 8 rings (SSSR count). The van der Waals surface area contributed by atoms with Crippen molar-refractivity contribution in [1.82, 2.24) is 14.8 Å². The number of rotatable bonds is 9. The molecule has 278 valence electrons. The zero-order valence-electron chi connectivity index (χ0n) is 29.6. The fraction of sp³-hybridized carbons (Fsp3) is 0.186. The van der Waals surface area contributed by atoms with Crippen LogP contribution in [-0.2, 0) is 21.6 Å². The minimum atomic E-state index is -4.78. The van der Waals surface area contributed by atoms with Gasteiger partial charge in [0, 0.05) is 54.3 Å². The smallest absolute Gasteiger partial charge is 0.371 e. The van der Waals surface area contributed by atoms with Crippen LogP contribution in [0.5, 0.6) is 0 Å². The molecule has 55 heavy (non-hydrogen) atoms. The number of hydrogen-bond donors (Lipinski definition) is 0. The number of fused-ring (bicyclic) bond motifs is 1. The molecule has 0 saturated carbocycles. The summed E-state index contributed by atoms with van der Waals surface area (Å²) in [7, 11) is -3.41. The number of carbonyl (C=O) groups excluding carboxylic acids is 1. The summed E-state index contributed by atoms with van der Waals surface area (Å²) >= 11 is 0.996. The Kier molecular flexibility index (Phi) is 9.42. The van der Waals surface area contributed by atoms with Crippen LogP contribution in [0.25, 0.3) is 22.0 Å². The van der Waals surface area contributed by atoms with Crippen LogP contribution in [0.15, 0.2) is 144 Å². The van der Waals surface area contributed by atoms with Crippen molar-refractivity contribution in [2.45, 2.75) is 28.8 Å². The summed E-state index contributed by atoms with van der Waals surface area (Å²) in [6.07, 6.45) is 0.617. The molecule has 4 heterocycles. The van der Waals surface area contributed by atoms with Crippen molar-refractivity contribution in [1.29, 1.82) is 0 Å². The molecule has 0 spiro atoms. The van der Waals surface area contributed by atoms with Crippen LogP contribution in [0.2, 0.25) is 0 Å². The van der Waals surface area contributed by atoms with Gasteiger partial charge in [-0.1, -0.05) is 97.1 Å². The van der Waals surface area contributed by atoms with Gasteiger partial charge in [0.25, 0.3) is 0 Å². The molecule has 0 amide bonds. The number of pyridine rings is 1. The molecule has 0 atom stereocenters. The third kappa shape index (κ3) is 6.74. The lowest BCUT2D eigenvalue weighted by molar-refractivity contribution is -0.141. The van der Waals surface area contributed by atoms with Crippen LogP contribution in [0.3, 0.4) is 0 Å². The minimum Gasteiger partial charge on any atom is -0.371 e. The van der Waals surface area contributed by atoms with E-state index < -0.39 is 27.2 Å². The summed E-state index contributed by atoms with van der Waals surface area (Å²) < 4.78 is 71.1.